The van der Waals surface area contributed by atoms with Crippen molar-refractivity contribution in [2.45, 2.75) is 31.3 Å². The topological polar surface area (TPSA) is 146 Å². The maximum absolute atomic E-state index is 12.3. The van der Waals surface area contributed by atoms with Gasteiger partial charge in [0.05, 0.1) is 18.0 Å². The summed E-state index contributed by atoms with van der Waals surface area (Å²) in [5.41, 5.74) is 0. The zero-order valence-corrected chi connectivity index (χ0v) is 17.5. The van der Waals surface area contributed by atoms with Crippen LogP contribution in [-0.2, 0) is 19.5 Å². The summed E-state index contributed by atoms with van der Waals surface area (Å²) >= 11 is 0. The molecular weight excluding hydrogens is 377 g/mol. The number of hydrogen-bond donors (Lipinski definition) is 2. The van der Waals surface area contributed by atoms with Gasteiger partial charge in [-0.2, -0.15) is 9.35 Å². The Morgan fingerprint density at radius 3 is 2.58 bits per heavy atom. The number of nitrogens with zero attached hydrogens (tertiary/aromatic N) is 3. The largest absolute Gasteiger partial charge is 1.00 e. The monoisotopic (exact) mass is 397 g/mol. The number of hydrogen-bond acceptors (Lipinski definition) is 8. The second-order valence-electron chi connectivity index (χ2n) is 6.64. The van der Waals surface area contributed by atoms with Gasteiger partial charge >= 0.3 is 35.6 Å². The van der Waals surface area contributed by atoms with Gasteiger partial charge in [0.2, 0.25) is 16.3 Å². The summed E-state index contributed by atoms with van der Waals surface area (Å²) < 4.78 is 36.5. The maximum atomic E-state index is 12.3. The van der Waals surface area contributed by atoms with Crippen molar-refractivity contribution in [3.05, 3.63) is 0 Å². The Labute approximate surface area is 173 Å². The van der Waals surface area contributed by atoms with Crippen molar-refractivity contribution in [2.75, 3.05) is 26.7 Å². The molecule has 0 aromatic rings. The Kier molecular flexibility index (Phi) is 6.70. The van der Waals surface area contributed by atoms with Crippen LogP contribution in [0.1, 0.15) is 19.3 Å². The number of piperidine rings is 1. The number of hydroxylamine groups is 2. The van der Waals surface area contributed by atoms with E-state index in [-0.39, 0.29) is 53.8 Å². The van der Waals surface area contributed by atoms with Gasteiger partial charge in [0.15, 0.2) is 0 Å². The number of likely N-dealkylation sites (tertiary alicyclic amines) is 1. The molecule has 3 aliphatic heterocycles. The molecule has 3 atom stereocenters. The average Bonchev–Trinajstić information content (AvgIpc) is 3.05. The minimum Gasteiger partial charge on any atom is -0.724 e. The summed E-state index contributed by atoms with van der Waals surface area (Å²) in [6.45, 7) is 1.58. The van der Waals surface area contributed by atoms with Crippen LogP contribution in [0.5, 0.6) is 0 Å². The molecule has 3 rings (SSSR count). The van der Waals surface area contributed by atoms with Crippen molar-refractivity contribution in [2.24, 2.45) is 5.92 Å². The summed E-state index contributed by atoms with van der Waals surface area (Å²) in [6, 6.07) is -2.01. The van der Waals surface area contributed by atoms with Gasteiger partial charge in [-0.1, -0.05) is 0 Å². The van der Waals surface area contributed by atoms with Gasteiger partial charge in [-0.25, -0.2) is 13.2 Å². The molecule has 140 valence electrons. The molecule has 3 heterocycles. The molecule has 0 aromatic heterocycles. The Hall–Kier alpha value is -0.760. The van der Waals surface area contributed by atoms with E-state index in [1.807, 2.05) is 11.9 Å². The Morgan fingerprint density at radius 2 is 2.00 bits per heavy atom. The van der Waals surface area contributed by atoms with Crippen molar-refractivity contribution < 1.29 is 56.4 Å². The predicted octanol–water partition coefficient (Wildman–Crippen LogP) is -4.30. The number of carbonyl (C=O) groups is 2. The molecule has 0 radical (unpaired) electrons. The molecule has 3 amide bonds. The molecule has 0 saturated carbocycles. The third-order valence-electron chi connectivity index (χ3n) is 4.85. The molecule has 3 saturated heterocycles. The van der Waals surface area contributed by atoms with Crippen molar-refractivity contribution in [1.82, 2.24) is 20.2 Å². The fourth-order valence-corrected chi connectivity index (χ4v) is 3.98. The van der Waals surface area contributed by atoms with Crippen LogP contribution >= 0.6 is 0 Å². The molecule has 2 N–H and O–H groups in total. The van der Waals surface area contributed by atoms with Crippen LogP contribution in [0.15, 0.2) is 0 Å². The molecule has 2 bridgehead atoms. The van der Waals surface area contributed by atoms with Gasteiger partial charge in [0, 0.05) is 13.1 Å². The van der Waals surface area contributed by atoms with Crippen molar-refractivity contribution in [3.8, 4) is 0 Å². The third-order valence-corrected chi connectivity index (χ3v) is 5.19. The first kappa shape index (κ1) is 21.5. The van der Waals surface area contributed by atoms with E-state index < -0.39 is 28.5 Å². The predicted molar refractivity (Wildman–Crippen MR) is 83.0 cm³/mol. The third kappa shape index (κ3) is 4.55. The van der Waals surface area contributed by atoms with Crippen LogP contribution in [-0.4, -0.2) is 84.4 Å². The van der Waals surface area contributed by atoms with Crippen LogP contribution in [0, 0.1) is 11.3 Å². The van der Waals surface area contributed by atoms with Crippen LogP contribution in [0.3, 0.4) is 0 Å². The van der Waals surface area contributed by atoms with E-state index in [1.54, 1.807) is 0 Å². The summed E-state index contributed by atoms with van der Waals surface area (Å²) in [4.78, 5) is 27.8. The smallest absolute Gasteiger partial charge is 0.724 e. The number of fused-ring (bicyclic) bond motifs is 2. The maximum Gasteiger partial charge on any atom is 1.00 e. The first-order valence-corrected chi connectivity index (χ1v) is 9.32. The fraction of sp³-hybridized carbons (Fsp3) is 0.769. The number of nitrogens with one attached hydrogen (secondary N) is 2. The number of rotatable bonds is 4. The molecule has 3 fully saturated rings. The van der Waals surface area contributed by atoms with Crippen molar-refractivity contribution in [1.29, 1.82) is 5.41 Å². The van der Waals surface area contributed by atoms with Gasteiger partial charge < -0.3 is 19.7 Å². The standard InChI is InChI=1S/C13H21N5O6S.Na/c1-16-5-4-8(6-16)12(19)15-11(14)10-3-2-9-7-17(10)13(20)18(9)24-25(21,22)23;/h8-10H,2-7H2,1H3,(H2,14,15,19)(H,21,22,23);/q;+1/p-1/t8-,9-,10+;/m1./s1. The zero-order chi connectivity index (χ0) is 18.4. The number of amidine groups is 1. The second-order valence-corrected chi connectivity index (χ2v) is 7.61. The molecule has 13 heteroatoms. The molecule has 0 unspecified atom stereocenters. The minimum absolute atomic E-state index is 0. The number of urea groups is 1. The molecular formula is C13H20N5NaO6S. The molecule has 0 spiro atoms. The van der Waals surface area contributed by atoms with Gasteiger partial charge in [0.1, 0.15) is 5.84 Å². The van der Waals surface area contributed by atoms with Crippen LogP contribution < -0.4 is 34.9 Å². The van der Waals surface area contributed by atoms with Gasteiger partial charge in [-0.05, 0) is 32.9 Å². The quantitative estimate of drug-likeness (QED) is 0.160. The molecule has 0 aromatic carbocycles. The minimum atomic E-state index is -5.05. The number of carbonyl (C=O) groups excluding carboxylic acids is 2. The Balaban J connectivity index is 0.00000243. The Morgan fingerprint density at radius 1 is 1.31 bits per heavy atom. The summed E-state index contributed by atoms with van der Waals surface area (Å²) in [7, 11) is -3.13. The van der Waals surface area contributed by atoms with E-state index in [2.05, 4.69) is 9.60 Å². The van der Waals surface area contributed by atoms with Gasteiger partial charge in [-0.15, -0.1) is 0 Å². The van der Waals surface area contributed by atoms with E-state index in [0.717, 1.165) is 6.54 Å². The molecule has 11 nitrogen and oxygen atoms in total. The second kappa shape index (κ2) is 8.09. The first-order chi connectivity index (χ1) is 11.7. The number of amides is 3. The van der Waals surface area contributed by atoms with Crippen molar-refractivity contribution >= 4 is 28.2 Å². The van der Waals surface area contributed by atoms with E-state index >= 15 is 0 Å². The van der Waals surface area contributed by atoms with Crippen LogP contribution in [0.25, 0.3) is 0 Å². The molecule has 26 heavy (non-hydrogen) atoms. The Bertz CT molecular complexity index is 703. The van der Waals surface area contributed by atoms with Gasteiger partial charge in [0.25, 0.3) is 0 Å². The fourth-order valence-electron chi connectivity index (χ4n) is 3.60. The van der Waals surface area contributed by atoms with Gasteiger partial charge in [-0.3, -0.25) is 10.2 Å². The van der Waals surface area contributed by atoms with E-state index in [1.165, 1.54) is 4.90 Å². The van der Waals surface area contributed by atoms with E-state index in [9.17, 15) is 22.6 Å². The normalized spacial score (nSPS) is 28.8. The molecule has 0 aliphatic carbocycles. The van der Waals surface area contributed by atoms with E-state index in [4.69, 9.17) is 5.41 Å². The summed E-state index contributed by atoms with van der Waals surface area (Å²) in [6.07, 6.45) is 1.46. The van der Waals surface area contributed by atoms with E-state index in [0.29, 0.717) is 30.9 Å². The van der Waals surface area contributed by atoms with Crippen LogP contribution in [0.2, 0.25) is 0 Å². The average molecular weight is 397 g/mol. The zero-order valence-electron chi connectivity index (χ0n) is 14.7. The summed E-state index contributed by atoms with van der Waals surface area (Å²) in [5, 5.41) is 11.3. The van der Waals surface area contributed by atoms with Crippen LogP contribution in [0.4, 0.5) is 4.79 Å². The molecule has 3 aliphatic rings. The summed E-state index contributed by atoms with van der Waals surface area (Å²) in [5.74, 6) is -0.544. The van der Waals surface area contributed by atoms with Crippen molar-refractivity contribution in [3.63, 3.8) is 0 Å². The SMILES string of the molecule is CN1CC[C@@H](C(=O)NC(=N)[C@@H]2CC[C@@H]3CN2C(=O)N3OS(=O)(=O)[O-])C1.[Na+]. The first-order valence-electron chi connectivity index (χ1n) is 7.99.